The minimum atomic E-state index is -4.68. The number of halogens is 10. The zero-order valence-corrected chi connectivity index (χ0v) is 55.9. The van der Waals surface area contributed by atoms with E-state index in [0.29, 0.717) is 38.5 Å². The number of pyridine rings is 2. The Morgan fingerprint density at radius 1 is 0.591 bits per heavy atom. The molecule has 16 nitrogen and oxygen atoms in total. The van der Waals surface area contributed by atoms with Crippen molar-refractivity contribution in [1.82, 2.24) is 30.4 Å². The largest absolute Gasteiger partial charge is 0.540 e. The van der Waals surface area contributed by atoms with Crippen molar-refractivity contribution in [1.29, 1.82) is 0 Å². The summed E-state index contributed by atoms with van der Waals surface area (Å²) in [5, 5.41) is 5.53. The van der Waals surface area contributed by atoms with E-state index in [4.69, 9.17) is 18.9 Å². The van der Waals surface area contributed by atoms with Gasteiger partial charge in [0.25, 0.3) is 11.8 Å². The molecule has 4 aliphatic heterocycles. The van der Waals surface area contributed by atoms with E-state index >= 15 is 17.6 Å². The van der Waals surface area contributed by atoms with Gasteiger partial charge in [0.1, 0.15) is 35.5 Å². The van der Waals surface area contributed by atoms with Crippen molar-refractivity contribution in [3.8, 4) is 11.8 Å². The van der Waals surface area contributed by atoms with Gasteiger partial charge in [-0.25, -0.2) is 49.7 Å². The number of aromatic nitrogens is 2. The molecule has 2 aliphatic carbocycles. The molecule has 6 heterocycles. The molecule has 4 fully saturated rings. The molecule has 2 aromatic heterocycles. The van der Waals surface area contributed by atoms with Gasteiger partial charge in [-0.05, 0) is 111 Å². The summed E-state index contributed by atoms with van der Waals surface area (Å²) in [5.41, 5.74) is -6.77. The fraction of sp³-hybridized carbons (Fsp3) is 0.631. The summed E-state index contributed by atoms with van der Waals surface area (Å²) < 4.78 is 168. The average Bonchev–Trinajstić information content (AvgIpc) is 1.77. The normalized spacial score (nSPS) is 30.2. The van der Waals surface area contributed by atoms with Crippen LogP contribution in [0.2, 0.25) is 0 Å². The van der Waals surface area contributed by atoms with Crippen LogP contribution in [-0.4, -0.2) is 117 Å². The molecule has 4 aromatic rings. The van der Waals surface area contributed by atoms with E-state index in [9.17, 15) is 55.1 Å². The first-order valence-corrected chi connectivity index (χ1v) is 30.7. The van der Waals surface area contributed by atoms with Gasteiger partial charge < -0.3 is 49.0 Å². The minimum absolute atomic E-state index is 0. The predicted molar refractivity (Wildman–Crippen MR) is 311 cm³/mol. The first-order valence-electron chi connectivity index (χ1n) is 30.7. The van der Waals surface area contributed by atoms with E-state index in [-0.39, 0.29) is 103 Å². The molecule has 0 spiro atoms. The van der Waals surface area contributed by atoms with Gasteiger partial charge in [-0.2, -0.15) is 26.3 Å². The van der Waals surface area contributed by atoms with Crippen LogP contribution in [0.15, 0.2) is 48.5 Å². The number of nitrogens with one attached hydrogen (secondary N) is 2. The number of hydrogen-bond donors (Lipinski definition) is 2. The fourth-order valence-corrected chi connectivity index (χ4v) is 13.0. The Bertz CT molecular complexity index is 3460. The van der Waals surface area contributed by atoms with Crippen molar-refractivity contribution in [2.75, 3.05) is 13.1 Å². The third kappa shape index (κ3) is 16.2. The fourth-order valence-electron chi connectivity index (χ4n) is 13.0. The van der Waals surface area contributed by atoms with Crippen LogP contribution in [-0.2, 0) is 90.0 Å². The van der Waals surface area contributed by atoms with Gasteiger partial charge in [-0.1, -0.05) is 98.9 Å². The van der Waals surface area contributed by atoms with Crippen molar-refractivity contribution in [3.63, 3.8) is 0 Å². The first kappa shape index (κ1) is 74.5. The van der Waals surface area contributed by atoms with Gasteiger partial charge in [-0.15, -0.1) is 0 Å². The molecule has 93 heavy (non-hydrogen) atoms. The number of alkyl carbamates (subject to hydrolysis) is 2. The molecule has 2 radical (unpaired) electrons. The molecule has 4 bridgehead atoms. The number of hydrogen-bond acceptors (Lipinski definition) is 12. The van der Waals surface area contributed by atoms with Crippen molar-refractivity contribution < 1.29 is 129 Å². The summed E-state index contributed by atoms with van der Waals surface area (Å²) in [6, 6.07) is 3.03. The molecule has 12 atom stereocenters. The van der Waals surface area contributed by atoms with Gasteiger partial charge >= 0.3 is 24.5 Å². The van der Waals surface area contributed by atoms with Crippen LogP contribution in [0, 0.1) is 34.5 Å². The first-order chi connectivity index (χ1) is 42.2. The van der Waals surface area contributed by atoms with E-state index in [2.05, 4.69) is 20.6 Å². The summed E-state index contributed by atoms with van der Waals surface area (Å²) >= 11 is 0. The number of alkyl halides is 10. The Morgan fingerprint density at radius 2 is 0.978 bits per heavy atom. The molecule has 0 unspecified atom stereocenters. The van der Waals surface area contributed by atoms with E-state index in [1.807, 2.05) is 12.6 Å². The van der Waals surface area contributed by atoms with Gasteiger partial charge in [0.2, 0.25) is 23.6 Å². The van der Waals surface area contributed by atoms with E-state index in [1.165, 1.54) is 9.80 Å². The van der Waals surface area contributed by atoms with Crippen LogP contribution in [0.3, 0.4) is 0 Å². The average molecular weight is 1390 g/mol. The van der Waals surface area contributed by atoms with Gasteiger partial charge in [0.05, 0.1) is 46.4 Å². The maximum Gasteiger partial charge on any atom is 0.416 e. The van der Waals surface area contributed by atoms with Crippen LogP contribution >= 0.6 is 0 Å². The second-order valence-corrected chi connectivity index (χ2v) is 27.8. The number of rotatable bonds is 3. The summed E-state index contributed by atoms with van der Waals surface area (Å²) in [7, 11) is 0. The molecule has 508 valence electrons. The third-order valence-corrected chi connectivity index (χ3v) is 18.9. The van der Waals surface area contributed by atoms with Crippen LogP contribution in [0.25, 0.3) is 21.8 Å². The Hall–Kier alpha value is -5.85. The van der Waals surface area contributed by atoms with Crippen LogP contribution in [0.4, 0.5) is 53.5 Å². The van der Waals surface area contributed by atoms with Crippen LogP contribution in [0.5, 0.6) is 11.8 Å². The standard InChI is InChI=1S/C33H39F5N3O5.C32H37F5N3O5.2V/c1-6-21-24(17-42)41-16-25(21)45-27-22(13-18-10-11-19(33(36,37)38)14-23(18)39-27)32(34,35)12-8-7-9-20-15-31(20,5)46-29(44)40-26(28(41)43)30(2,3)4;1-17-23(16-41)40-15-24(17)44-26-21(12-18-9-10-19(32(35,36)37)13-22(18)38-26)31(33,34)11-7-6-8-20-14-30(20,5)45-28(43)39-25(27(40)42)29(2,3)4;;/h10-11,13-14,20-21,24-26H,6-9,12,15-16H2,1-5H3,(H,40,44);9-10,12-13,17,20,23-25H,6-8,11,14-15H2,1-5H3,(H,39,43);;/q2*-1;;/t20-,21+,24-,25+,26-,31-;17-,20+,23+,24-,25+,30+;;/m10../s1. The number of nitrogens with zero attached hydrogens (tertiary/aromatic N) is 4. The number of carbonyl (C=O) groups is 4. The monoisotopic (exact) mass is 1390 g/mol. The number of ether oxygens (including phenoxy) is 4. The molecule has 2 N–H and O–H groups in total. The number of fused-ring (bicyclic) bond motifs is 10. The topological polar surface area (TPSA) is 196 Å². The molecule has 2 saturated carbocycles. The Morgan fingerprint density at radius 3 is 1.35 bits per heavy atom. The maximum atomic E-state index is 16.0. The Balaban J connectivity index is 0.000000258. The molecule has 6 aliphatic rings. The maximum absolute atomic E-state index is 16.0. The molecular weight excluding hydrogens is 1320 g/mol. The molecule has 2 aromatic carbocycles. The number of amides is 4. The predicted octanol–water partition coefficient (Wildman–Crippen LogP) is 13.5. The summed E-state index contributed by atoms with van der Waals surface area (Å²) in [4.78, 5) is 89.1. The van der Waals surface area contributed by atoms with Gasteiger partial charge in [0.15, 0.2) is 0 Å². The van der Waals surface area contributed by atoms with Crippen molar-refractivity contribution in [2.24, 2.45) is 34.5 Å². The third-order valence-electron chi connectivity index (χ3n) is 18.9. The van der Waals surface area contributed by atoms with Crippen molar-refractivity contribution in [2.45, 2.75) is 212 Å². The van der Waals surface area contributed by atoms with Crippen LogP contribution < -0.4 is 20.1 Å². The Kier molecular flexibility index (Phi) is 21.9. The van der Waals surface area contributed by atoms with Crippen LogP contribution in [0.1, 0.15) is 162 Å². The number of carbonyl (C=O) groups excluding carboxylic acids is 6. The zero-order valence-electron chi connectivity index (χ0n) is 53.1. The number of benzene rings is 2. The van der Waals surface area contributed by atoms with Gasteiger partial charge in [0, 0.05) is 72.6 Å². The summed E-state index contributed by atoms with van der Waals surface area (Å²) in [5.74, 6) is -10.8. The Labute approximate surface area is 556 Å². The smallest absolute Gasteiger partial charge is 0.416 e. The van der Waals surface area contributed by atoms with Crippen molar-refractivity contribution in [3.05, 3.63) is 70.8 Å². The second-order valence-electron chi connectivity index (χ2n) is 27.8. The minimum Gasteiger partial charge on any atom is -0.540 e. The molecular formula is C65H76F10N6O10V2-2. The second kappa shape index (κ2) is 27.3. The van der Waals surface area contributed by atoms with E-state index in [1.54, 1.807) is 69.2 Å². The molecule has 2 saturated heterocycles. The van der Waals surface area contributed by atoms with Crippen molar-refractivity contribution >= 4 is 58.4 Å². The zero-order chi connectivity index (χ0) is 66.9. The van der Waals surface area contributed by atoms with Gasteiger partial charge in [-0.3, -0.25) is 9.59 Å². The van der Waals surface area contributed by atoms with E-state index in [0.717, 1.165) is 48.5 Å². The van der Waals surface area contributed by atoms with E-state index < -0.39 is 165 Å². The molecule has 10 rings (SSSR count). The molecule has 4 amide bonds. The quantitative estimate of drug-likeness (QED) is 0.146. The SMILES string of the molecule is CC[C@@H]1[C@@H]2CN(C(=O)[C@H](C(C)(C)C)NC(=O)O[C@]3(C)C[C@H]3CCCCC(F)(F)c3cc4ccc(C(F)(F)F)cc4nc3O2)[C@@H]1[C-]=O.C[C@@H]1[C@@H]2CN(C(=O)[C@H](C(C)(C)C)NC(=O)O[C@]3(C)C[C@H]3CCCCC(F)(F)c3cc4ccc(C(F)(F)F)cc4nc3O2)[C@@H]1[C-]=O.[V].[V]. The summed E-state index contributed by atoms with van der Waals surface area (Å²) in [6.45, 7) is 16.8. The summed E-state index contributed by atoms with van der Waals surface area (Å²) in [6.07, 6.45) is -6.93. The molecule has 28 heteroatoms.